The van der Waals surface area contributed by atoms with Crippen molar-refractivity contribution in [2.45, 2.75) is 19.4 Å². The van der Waals surface area contributed by atoms with Gasteiger partial charge in [-0.3, -0.25) is 4.79 Å². The van der Waals surface area contributed by atoms with Crippen LogP contribution in [0.1, 0.15) is 29.8 Å². The summed E-state index contributed by atoms with van der Waals surface area (Å²) < 4.78 is 15.8. The average Bonchev–Trinajstić information content (AvgIpc) is 3.31. The van der Waals surface area contributed by atoms with E-state index < -0.39 is 0 Å². The van der Waals surface area contributed by atoms with Crippen LogP contribution in [0, 0.1) is 5.92 Å². The van der Waals surface area contributed by atoms with E-state index in [4.69, 9.17) is 19.9 Å². The number of hydrogen-bond donors (Lipinski definition) is 2. The molecule has 2 heterocycles. The van der Waals surface area contributed by atoms with Crippen molar-refractivity contribution in [1.29, 1.82) is 0 Å². The molecule has 3 aromatic rings. The summed E-state index contributed by atoms with van der Waals surface area (Å²) in [7, 11) is 1.41. The number of aromatic nitrogens is 1. The highest BCUT2D eigenvalue weighted by molar-refractivity contribution is 5.86. The third kappa shape index (κ3) is 3.13. The third-order valence-electron chi connectivity index (χ3n) is 5.03. The Morgan fingerprint density at radius 1 is 1.22 bits per heavy atom. The Balaban J connectivity index is 1.76. The molecule has 0 saturated heterocycles. The van der Waals surface area contributed by atoms with Crippen LogP contribution in [0.25, 0.3) is 10.9 Å². The summed E-state index contributed by atoms with van der Waals surface area (Å²) in [5, 5.41) is 1.07. The van der Waals surface area contributed by atoms with E-state index in [2.05, 4.69) is 4.98 Å². The quantitative estimate of drug-likeness (QED) is 0.677. The van der Waals surface area contributed by atoms with E-state index in [0.717, 1.165) is 33.5 Å². The summed E-state index contributed by atoms with van der Waals surface area (Å²) in [6.07, 6.45) is 0.546. The lowest BCUT2D eigenvalue weighted by atomic mass is 9.94. The number of hydrogen-bond acceptors (Lipinski definition) is 5. The van der Waals surface area contributed by atoms with Crippen molar-refractivity contribution in [1.82, 2.24) is 4.98 Å². The zero-order valence-corrected chi connectivity index (χ0v) is 15.3. The predicted molar refractivity (Wildman–Crippen MR) is 102 cm³/mol. The number of methoxy groups -OCH3 is 1. The zero-order chi connectivity index (χ0) is 19.0. The number of nitrogens with one attached hydrogen (secondary N) is 1. The highest BCUT2D eigenvalue weighted by atomic mass is 16.7. The summed E-state index contributed by atoms with van der Waals surface area (Å²) in [5.41, 5.74) is 10.5. The van der Waals surface area contributed by atoms with E-state index in [9.17, 15) is 4.79 Å². The molecular formula is C21H22N2O4. The zero-order valence-electron chi connectivity index (χ0n) is 15.3. The molecule has 27 heavy (non-hydrogen) atoms. The molecule has 1 aliphatic heterocycles. The van der Waals surface area contributed by atoms with Gasteiger partial charge >= 0.3 is 5.97 Å². The first-order valence-corrected chi connectivity index (χ1v) is 8.91. The van der Waals surface area contributed by atoms with Gasteiger partial charge in [0.1, 0.15) is 0 Å². The number of H-pyrrole nitrogens is 1. The Hall–Kier alpha value is -2.99. The standard InChI is InChI=1S/C21H22N2O4/c1-12(21(24)25-2)9-15-14-5-3-4-6-16(14)23-20(15)19(22)13-7-8-17-18(10-13)27-11-26-17/h3-8,10,12,19,23H,9,11,22H2,1-2H3/t12?,19-/m1/s1. The number of carbonyl (C=O) groups is 1. The molecule has 0 amide bonds. The Morgan fingerprint density at radius 3 is 2.81 bits per heavy atom. The summed E-state index contributed by atoms with van der Waals surface area (Å²) in [4.78, 5) is 15.4. The van der Waals surface area contributed by atoms with Crippen LogP contribution in [0.2, 0.25) is 0 Å². The van der Waals surface area contributed by atoms with E-state index in [-0.39, 0.29) is 24.7 Å². The fourth-order valence-electron chi connectivity index (χ4n) is 3.57. The maximum Gasteiger partial charge on any atom is 0.308 e. The minimum absolute atomic E-state index is 0.225. The van der Waals surface area contributed by atoms with Gasteiger partial charge in [0.25, 0.3) is 0 Å². The van der Waals surface area contributed by atoms with Crippen molar-refractivity contribution < 1.29 is 19.0 Å². The van der Waals surface area contributed by atoms with Crippen LogP contribution in [0.4, 0.5) is 0 Å². The minimum atomic E-state index is -0.383. The fourth-order valence-corrected chi connectivity index (χ4v) is 3.57. The van der Waals surface area contributed by atoms with Gasteiger partial charge < -0.3 is 24.9 Å². The van der Waals surface area contributed by atoms with Crippen LogP contribution in [-0.2, 0) is 16.0 Å². The smallest absolute Gasteiger partial charge is 0.308 e. The fraction of sp³-hybridized carbons (Fsp3) is 0.286. The van der Waals surface area contributed by atoms with Gasteiger partial charge in [-0.1, -0.05) is 31.2 Å². The second-order valence-corrected chi connectivity index (χ2v) is 6.78. The monoisotopic (exact) mass is 366 g/mol. The van der Waals surface area contributed by atoms with Crippen molar-refractivity contribution >= 4 is 16.9 Å². The van der Waals surface area contributed by atoms with Gasteiger partial charge in [0, 0.05) is 16.6 Å². The summed E-state index contributed by atoms with van der Waals surface area (Å²) in [6, 6.07) is 13.4. The molecular weight excluding hydrogens is 344 g/mol. The molecule has 0 bridgehead atoms. The van der Waals surface area contributed by atoms with Gasteiger partial charge in [0.15, 0.2) is 11.5 Å². The van der Waals surface area contributed by atoms with Crippen molar-refractivity contribution in [2.24, 2.45) is 11.7 Å². The van der Waals surface area contributed by atoms with E-state index >= 15 is 0 Å². The molecule has 1 aromatic heterocycles. The van der Waals surface area contributed by atoms with Crippen LogP contribution < -0.4 is 15.2 Å². The van der Waals surface area contributed by atoms with Crippen molar-refractivity contribution in [3.63, 3.8) is 0 Å². The van der Waals surface area contributed by atoms with Crippen molar-refractivity contribution in [3.8, 4) is 11.5 Å². The number of benzene rings is 2. The average molecular weight is 366 g/mol. The third-order valence-corrected chi connectivity index (χ3v) is 5.03. The molecule has 0 saturated carbocycles. The maximum absolute atomic E-state index is 12.0. The normalized spacial score (nSPS) is 14.9. The van der Waals surface area contributed by atoms with Gasteiger partial charge in [-0.05, 0) is 35.7 Å². The molecule has 1 unspecified atom stereocenters. The lowest BCUT2D eigenvalue weighted by Gasteiger charge is -2.16. The number of rotatable bonds is 5. The Bertz CT molecular complexity index is 995. The lowest BCUT2D eigenvalue weighted by molar-refractivity contribution is -0.144. The topological polar surface area (TPSA) is 86.6 Å². The van der Waals surface area contributed by atoms with E-state index in [0.29, 0.717) is 12.2 Å². The predicted octanol–water partition coefficient (Wildman–Crippen LogP) is 3.30. The SMILES string of the molecule is COC(=O)C(C)Cc1c([C@H](N)c2ccc3c(c2)OCO3)[nH]c2ccccc12. The first kappa shape index (κ1) is 17.4. The molecule has 2 atom stereocenters. The molecule has 0 spiro atoms. The second-order valence-electron chi connectivity index (χ2n) is 6.78. The van der Waals surface area contributed by atoms with Gasteiger partial charge in [-0.15, -0.1) is 0 Å². The van der Waals surface area contributed by atoms with E-state index in [1.54, 1.807) is 0 Å². The van der Waals surface area contributed by atoms with E-state index in [1.807, 2.05) is 49.4 Å². The molecule has 4 rings (SSSR count). The first-order chi connectivity index (χ1) is 13.1. The number of aromatic amines is 1. The van der Waals surface area contributed by atoms with Crippen LogP contribution in [0.5, 0.6) is 11.5 Å². The number of carbonyl (C=O) groups excluding carboxylic acids is 1. The number of ether oxygens (including phenoxy) is 3. The first-order valence-electron chi connectivity index (χ1n) is 8.91. The van der Waals surface area contributed by atoms with Crippen molar-refractivity contribution in [2.75, 3.05) is 13.9 Å². The minimum Gasteiger partial charge on any atom is -0.469 e. The van der Waals surface area contributed by atoms with Crippen LogP contribution in [-0.4, -0.2) is 24.9 Å². The van der Waals surface area contributed by atoms with Crippen LogP contribution in [0.15, 0.2) is 42.5 Å². The van der Waals surface area contributed by atoms with E-state index in [1.165, 1.54) is 7.11 Å². The van der Waals surface area contributed by atoms with Crippen molar-refractivity contribution in [3.05, 3.63) is 59.3 Å². The highest BCUT2D eigenvalue weighted by Gasteiger charge is 2.24. The molecule has 1 aliphatic rings. The lowest BCUT2D eigenvalue weighted by Crippen LogP contribution is -2.18. The Kier molecular flexibility index (Phi) is 4.49. The maximum atomic E-state index is 12.0. The van der Waals surface area contributed by atoms with Crippen LogP contribution in [0.3, 0.4) is 0 Å². The number of esters is 1. The molecule has 0 fully saturated rings. The Morgan fingerprint density at radius 2 is 2.00 bits per heavy atom. The molecule has 6 heteroatoms. The largest absolute Gasteiger partial charge is 0.469 e. The second kappa shape index (κ2) is 6.96. The molecule has 140 valence electrons. The highest BCUT2D eigenvalue weighted by Crippen LogP contribution is 2.37. The van der Waals surface area contributed by atoms with Gasteiger partial charge in [-0.2, -0.15) is 0 Å². The van der Waals surface area contributed by atoms with Crippen LogP contribution >= 0.6 is 0 Å². The number of nitrogens with two attached hydrogens (primary N) is 1. The Labute approximate surface area is 157 Å². The number of fused-ring (bicyclic) bond motifs is 2. The van der Waals surface area contributed by atoms with Gasteiger partial charge in [-0.25, -0.2) is 0 Å². The molecule has 0 radical (unpaired) electrons. The van der Waals surface area contributed by atoms with Gasteiger partial charge in [0.05, 0.1) is 19.1 Å². The number of para-hydroxylation sites is 1. The summed E-state index contributed by atoms with van der Waals surface area (Å²) in [5.74, 6) is 0.922. The van der Waals surface area contributed by atoms with Gasteiger partial charge in [0.2, 0.25) is 6.79 Å². The molecule has 3 N–H and O–H groups in total. The summed E-state index contributed by atoms with van der Waals surface area (Å²) >= 11 is 0. The molecule has 2 aromatic carbocycles. The molecule has 6 nitrogen and oxygen atoms in total. The molecule has 0 aliphatic carbocycles. The summed E-state index contributed by atoms with van der Waals surface area (Å²) in [6.45, 7) is 2.09.